The quantitative estimate of drug-likeness (QED) is 0.478. The predicted molar refractivity (Wildman–Crippen MR) is 61.4 cm³/mol. The molecule has 0 saturated carbocycles. The average molecular weight is 273 g/mol. The summed E-state index contributed by atoms with van der Waals surface area (Å²) in [5, 5.41) is 22.3. The van der Waals surface area contributed by atoms with E-state index in [1.165, 1.54) is 0 Å². The van der Waals surface area contributed by atoms with Crippen molar-refractivity contribution < 1.29 is 29.4 Å². The van der Waals surface area contributed by atoms with E-state index in [-0.39, 0.29) is 24.9 Å². The van der Waals surface area contributed by atoms with Gasteiger partial charge in [-0.05, 0) is 6.42 Å². The Labute approximate surface area is 108 Å². The highest BCUT2D eigenvalue weighted by Gasteiger charge is 2.24. The van der Waals surface area contributed by atoms with Gasteiger partial charge < -0.3 is 25.7 Å². The molecule has 0 radical (unpaired) electrons. The number of hydrogen-bond acceptors (Lipinski definition) is 4. The predicted octanol–water partition coefficient (Wildman–Crippen LogP) is -1.55. The second kappa shape index (κ2) is 6.57. The SMILES string of the molecule is O=C(O)CN(CC(=O)O)C(=O)NC1CCC(=O)NC1. The molecule has 0 aliphatic carbocycles. The minimum absolute atomic E-state index is 0.113. The van der Waals surface area contributed by atoms with E-state index >= 15 is 0 Å². The number of urea groups is 1. The highest BCUT2D eigenvalue weighted by atomic mass is 16.4. The zero-order valence-electron chi connectivity index (χ0n) is 10.1. The van der Waals surface area contributed by atoms with E-state index in [0.717, 1.165) is 0 Å². The van der Waals surface area contributed by atoms with Crippen LogP contribution < -0.4 is 10.6 Å². The molecule has 4 N–H and O–H groups in total. The van der Waals surface area contributed by atoms with Gasteiger partial charge in [0, 0.05) is 19.0 Å². The molecule has 0 aromatic rings. The summed E-state index contributed by atoms with van der Waals surface area (Å²) in [5.41, 5.74) is 0. The smallest absolute Gasteiger partial charge is 0.323 e. The van der Waals surface area contributed by atoms with E-state index in [2.05, 4.69) is 10.6 Å². The Morgan fingerprint density at radius 2 is 1.84 bits per heavy atom. The van der Waals surface area contributed by atoms with Crippen molar-refractivity contribution in [2.24, 2.45) is 0 Å². The number of piperidine rings is 1. The van der Waals surface area contributed by atoms with Crippen molar-refractivity contribution in [2.45, 2.75) is 18.9 Å². The molecule has 1 unspecified atom stereocenters. The molecule has 0 spiro atoms. The van der Waals surface area contributed by atoms with Crippen LogP contribution in [0.25, 0.3) is 0 Å². The molecule has 1 aliphatic rings. The molecule has 106 valence electrons. The Morgan fingerprint density at radius 3 is 2.26 bits per heavy atom. The van der Waals surface area contributed by atoms with Crippen molar-refractivity contribution in [2.75, 3.05) is 19.6 Å². The molecular weight excluding hydrogens is 258 g/mol. The first-order valence-corrected chi connectivity index (χ1v) is 5.64. The van der Waals surface area contributed by atoms with Gasteiger partial charge in [0.25, 0.3) is 0 Å². The lowest BCUT2D eigenvalue weighted by atomic mass is 10.1. The summed E-state index contributed by atoms with van der Waals surface area (Å²) in [6, 6.07) is -1.10. The largest absolute Gasteiger partial charge is 0.480 e. The van der Waals surface area contributed by atoms with Crippen molar-refractivity contribution >= 4 is 23.9 Å². The fraction of sp³-hybridized carbons (Fsp3) is 0.600. The van der Waals surface area contributed by atoms with Crippen molar-refractivity contribution in [1.82, 2.24) is 15.5 Å². The first-order valence-electron chi connectivity index (χ1n) is 5.64. The van der Waals surface area contributed by atoms with Gasteiger partial charge in [0.05, 0.1) is 0 Å². The Hall–Kier alpha value is -2.32. The van der Waals surface area contributed by atoms with E-state index in [4.69, 9.17) is 10.2 Å². The number of hydrogen-bond donors (Lipinski definition) is 4. The molecule has 1 atom stereocenters. The summed E-state index contributed by atoms with van der Waals surface area (Å²) >= 11 is 0. The molecule has 3 amide bonds. The monoisotopic (exact) mass is 273 g/mol. The van der Waals surface area contributed by atoms with Crippen molar-refractivity contribution in [3.63, 3.8) is 0 Å². The Bertz CT molecular complexity index is 371. The summed E-state index contributed by atoms with van der Waals surface area (Å²) in [4.78, 5) is 44.5. The highest BCUT2D eigenvalue weighted by Crippen LogP contribution is 2.03. The molecule has 19 heavy (non-hydrogen) atoms. The Balaban J connectivity index is 2.53. The molecule has 1 fully saturated rings. The molecule has 0 aromatic carbocycles. The maximum absolute atomic E-state index is 11.7. The van der Waals surface area contributed by atoms with Crippen molar-refractivity contribution in [3.8, 4) is 0 Å². The fourth-order valence-corrected chi connectivity index (χ4v) is 1.65. The van der Waals surface area contributed by atoms with Crippen LogP contribution in [-0.2, 0) is 14.4 Å². The standard InChI is InChI=1S/C10H15N3O6/c14-7-2-1-6(3-11-7)12-10(19)13(4-8(15)16)5-9(17)18/h6H,1-5H2,(H,11,14)(H,12,19)(H,15,16)(H,17,18). The molecule has 1 rings (SSSR count). The summed E-state index contributed by atoms with van der Waals surface area (Å²) in [6.07, 6.45) is 0.703. The van der Waals surface area contributed by atoms with Crippen LogP contribution in [0.2, 0.25) is 0 Å². The molecule has 0 bridgehead atoms. The number of nitrogens with zero attached hydrogens (tertiary/aromatic N) is 1. The zero-order valence-corrected chi connectivity index (χ0v) is 10.1. The number of carboxylic acid groups (broad SMARTS) is 2. The molecule has 1 aliphatic heterocycles. The van der Waals surface area contributed by atoms with Gasteiger partial charge in [-0.3, -0.25) is 14.4 Å². The zero-order chi connectivity index (χ0) is 14.4. The average Bonchev–Trinajstić information content (AvgIpc) is 2.30. The maximum atomic E-state index is 11.7. The van der Waals surface area contributed by atoms with Crippen LogP contribution in [-0.4, -0.2) is 64.7 Å². The van der Waals surface area contributed by atoms with Crippen LogP contribution >= 0.6 is 0 Å². The van der Waals surface area contributed by atoms with Crippen LogP contribution in [0.5, 0.6) is 0 Å². The van der Waals surface area contributed by atoms with E-state index in [1.54, 1.807) is 0 Å². The van der Waals surface area contributed by atoms with Gasteiger partial charge in [-0.15, -0.1) is 0 Å². The van der Waals surface area contributed by atoms with Gasteiger partial charge in [-0.1, -0.05) is 0 Å². The van der Waals surface area contributed by atoms with Gasteiger partial charge in [0.15, 0.2) is 0 Å². The Morgan fingerprint density at radius 1 is 1.26 bits per heavy atom. The summed E-state index contributed by atoms with van der Waals surface area (Å²) in [7, 11) is 0. The first-order chi connectivity index (χ1) is 8.88. The van der Waals surface area contributed by atoms with Gasteiger partial charge in [0.2, 0.25) is 5.91 Å². The van der Waals surface area contributed by atoms with Crippen molar-refractivity contribution in [3.05, 3.63) is 0 Å². The molecule has 1 saturated heterocycles. The van der Waals surface area contributed by atoms with E-state index in [9.17, 15) is 19.2 Å². The van der Waals surface area contributed by atoms with Gasteiger partial charge in [-0.2, -0.15) is 0 Å². The number of amides is 3. The summed E-state index contributed by atoms with van der Waals surface area (Å²) in [6.45, 7) is -1.15. The second-order valence-electron chi connectivity index (χ2n) is 4.13. The number of carboxylic acids is 2. The summed E-state index contributed by atoms with van der Waals surface area (Å²) in [5.74, 6) is -2.71. The third kappa shape index (κ3) is 5.23. The number of carbonyl (C=O) groups is 4. The molecule has 1 heterocycles. The lowest BCUT2D eigenvalue weighted by molar-refractivity contribution is -0.140. The van der Waals surface area contributed by atoms with E-state index in [0.29, 0.717) is 11.3 Å². The molecule has 9 heteroatoms. The van der Waals surface area contributed by atoms with Gasteiger partial charge in [0.1, 0.15) is 13.1 Å². The third-order valence-electron chi connectivity index (χ3n) is 2.53. The molecule has 9 nitrogen and oxygen atoms in total. The van der Waals surface area contributed by atoms with Gasteiger partial charge >= 0.3 is 18.0 Å². The van der Waals surface area contributed by atoms with Crippen LogP contribution in [0.1, 0.15) is 12.8 Å². The van der Waals surface area contributed by atoms with E-state index in [1.807, 2.05) is 0 Å². The van der Waals surface area contributed by atoms with Crippen LogP contribution in [0.3, 0.4) is 0 Å². The lowest BCUT2D eigenvalue weighted by Crippen LogP contribution is -2.53. The number of nitrogens with one attached hydrogen (secondary N) is 2. The number of rotatable bonds is 5. The van der Waals surface area contributed by atoms with Gasteiger partial charge in [-0.25, -0.2) is 4.79 Å². The number of aliphatic carboxylic acids is 2. The van der Waals surface area contributed by atoms with Crippen molar-refractivity contribution in [1.29, 1.82) is 0 Å². The lowest BCUT2D eigenvalue weighted by Gasteiger charge is -2.26. The summed E-state index contributed by atoms with van der Waals surface area (Å²) < 4.78 is 0. The maximum Gasteiger partial charge on any atom is 0.323 e. The van der Waals surface area contributed by atoms with Crippen LogP contribution in [0, 0.1) is 0 Å². The van der Waals surface area contributed by atoms with Crippen LogP contribution in [0.4, 0.5) is 4.79 Å². The topological polar surface area (TPSA) is 136 Å². The molecular formula is C10H15N3O6. The second-order valence-corrected chi connectivity index (χ2v) is 4.13. The minimum Gasteiger partial charge on any atom is -0.480 e. The Kier molecular flexibility index (Phi) is 5.10. The minimum atomic E-state index is -1.30. The third-order valence-corrected chi connectivity index (χ3v) is 2.53. The normalized spacial score (nSPS) is 18.3. The fourth-order valence-electron chi connectivity index (χ4n) is 1.65. The van der Waals surface area contributed by atoms with E-state index < -0.39 is 31.1 Å². The molecule has 0 aromatic heterocycles. The highest BCUT2D eigenvalue weighted by molar-refractivity contribution is 5.84. The number of carbonyl (C=O) groups excluding carboxylic acids is 2. The van der Waals surface area contributed by atoms with Crippen LogP contribution in [0.15, 0.2) is 0 Å². The first kappa shape index (κ1) is 14.7.